The molecular formula is C9H9F3S. The van der Waals surface area contributed by atoms with E-state index in [-0.39, 0.29) is 16.7 Å². The third-order valence-corrected chi connectivity index (χ3v) is 2.67. The molecule has 0 saturated heterocycles. The summed E-state index contributed by atoms with van der Waals surface area (Å²) in [6.45, 7) is 3.50. The fraction of sp³-hybridized carbons (Fsp3) is 0.333. The van der Waals surface area contributed by atoms with Gasteiger partial charge in [0.05, 0.1) is 0 Å². The zero-order valence-corrected chi connectivity index (χ0v) is 8.09. The van der Waals surface area contributed by atoms with E-state index in [1.165, 1.54) is 6.07 Å². The molecule has 0 unspecified atom stereocenters. The van der Waals surface area contributed by atoms with Crippen molar-refractivity contribution in [2.45, 2.75) is 24.3 Å². The predicted molar refractivity (Wildman–Crippen MR) is 47.8 cm³/mol. The Morgan fingerprint density at radius 1 is 1.15 bits per heavy atom. The fourth-order valence-corrected chi connectivity index (χ4v) is 1.67. The lowest BCUT2D eigenvalue weighted by Crippen LogP contribution is -2.00. The van der Waals surface area contributed by atoms with Crippen LogP contribution in [-0.2, 0) is 0 Å². The van der Waals surface area contributed by atoms with Crippen molar-refractivity contribution >= 4 is 11.8 Å². The van der Waals surface area contributed by atoms with Crippen molar-refractivity contribution < 1.29 is 13.2 Å². The van der Waals surface area contributed by atoms with E-state index in [9.17, 15) is 13.2 Å². The maximum Gasteiger partial charge on any atom is 0.446 e. The minimum Gasteiger partial charge on any atom is -0.160 e. The summed E-state index contributed by atoms with van der Waals surface area (Å²) in [5.41, 5.74) is -2.61. The van der Waals surface area contributed by atoms with Crippen molar-refractivity contribution in [1.82, 2.24) is 0 Å². The molecule has 72 valence electrons. The van der Waals surface area contributed by atoms with Crippen LogP contribution in [0, 0.1) is 13.8 Å². The lowest BCUT2D eigenvalue weighted by molar-refractivity contribution is -0.0328. The molecule has 0 saturated carbocycles. The van der Waals surface area contributed by atoms with Crippen LogP contribution in [0.2, 0.25) is 0 Å². The first-order valence-corrected chi connectivity index (χ1v) is 4.54. The highest BCUT2D eigenvalue weighted by molar-refractivity contribution is 8.00. The lowest BCUT2D eigenvalue weighted by Gasteiger charge is -2.09. The minimum absolute atomic E-state index is 0.0585. The molecule has 1 aromatic rings. The Hall–Kier alpha value is -0.640. The number of aryl methyl sites for hydroxylation is 1. The van der Waals surface area contributed by atoms with E-state index in [1.54, 1.807) is 26.0 Å². The number of benzene rings is 1. The molecule has 0 aliphatic heterocycles. The van der Waals surface area contributed by atoms with E-state index in [2.05, 4.69) is 0 Å². The van der Waals surface area contributed by atoms with Crippen molar-refractivity contribution in [2.24, 2.45) is 0 Å². The number of hydrogen-bond acceptors (Lipinski definition) is 1. The van der Waals surface area contributed by atoms with Gasteiger partial charge in [-0.3, -0.25) is 0 Å². The van der Waals surface area contributed by atoms with Crippen molar-refractivity contribution in [2.75, 3.05) is 0 Å². The third-order valence-electron chi connectivity index (χ3n) is 1.78. The first-order valence-electron chi connectivity index (χ1n) is 3.72. The Balaban J connectivity index is 2.96. The molecule has 0 aromatic heterocycles. The van der Waals surface area contributed by atoms with Gasteiger partial charge in [-0.1, -0.05) is 12.1 Å². The van der Waals surface area contributed by atoms with Crippen LogP contribution in [0.3, 0.4) is 0 Å². The van der Waals surface area contributed by atoms with Gasteiger partial charge in [-0.15, -0.1) is 0 Å². The van der Waals surface area contributed by atoms with Crippen LogP contribution >= 0.6 is 11.8 Å². The Kier molecular flexibility index (Phi) is 2.91. The maximum absolute atomic E-state index is 12.0. The van der Waals surface area contributed by atoms with E-state index in [4.69, 9.17) is 0 Å². The highest BCUT2D eigenvalue weighted by Crippen LogP contribution is 2.38. The van der Waals surface area contributed by atoms with Gasteiger partial charge < -0.3 is 0 Å². The summed E-state index contributed by atoms with van der Waals surface area (Å²) in [7, 11) is 0. The molecule has 0 spiro atoms. The van der Waals surface area contributed by atoms with Crippen LogP contribution in [0.15, 0.2) is 23.1 Å². The maximum atomic E-state index is 12.0. The molecule has 0 nitrogen and oxygen atoms in total. The summed E-state index contributed by atoms with van der Waals surface area (Å²) in [5.74, 6) is 0. The Labute approximate surface area is 79.1 Å². The van der Waals surface area contributed by atoms with Crippen LogP contribution in [0.4, 0.5) is 13.2 Å². The highest BCUT2D eigenvalue weighted by Gasteiger charge is 2.29. The molecule has 0 aliphatic rings. The predicted octanol–water partition coefficient (Wildman–Crippen LogP) is 3.92. The molecule has 0 bridgehead atoms. The topological polar surface area (TPSA) is 0 Å². The zero-order chi connectivity index (χ0) is 10.1. The number of alkyl halides is 3. The van der Waals surface area contributed by atoms with Crippen LogP contribution in [0.5, 0.6) is 0 Å². The van der Waals surface area contributed by atoms with Gasteiger partial charge >= 0.3 is 5.51 Å². The second-order valence-electron chi connectivity index (χ2n) is 2.75. The van der Waals surface area contributed by atoms with Gasteiger partial charge in [0.1, 0.15) is 0 Å². The molecule has 4 heteroatoms. The number of thioether (sulfide) groups is 1. The number of halogens is 3. The fourth-order valence-electron chi connectivity index (χ4n) is 0.959. The average molecular weight is 206 g/mol. The standard InChI is InChI=1S/C9H9F3S/c1-6-4-3-5-8(7(6)2)13-9(10,11)12/h3-5H,1-2H3. The molecule has 0 fully saturated rings. The largest absolute Gasteiger partial charge is 0.446 e. The molecule has 1 aromatic carbocycles. The summed E-state index contributed by atoms with van der Waals surface area (Å²) >= 11 is -0.0585. The quantitative estimate of drug-likeness (QED) is 0.627. The average Bonchev–Trinajstić information content (AvgIpc) is 1.96. The summed E-state index contributed by atoms with van der Waals surface area (Å²) in [5, 5.41) is 0. The molecule has 0 radical (unpaired) electrons. The van der Waals surface area contributed by atoms with Gasteiger partial charge in [-0.05, 0) is 42.8 Å². The van der Waals surface area contributed by atoms with Crippen LogP contribution in [-0.4, -0.2) is 5.51 Å². The van der Waals surface area contributed by atoms with E-state index in [0.717, 1.165) is 5.56 Å². The van der Waals surface area contributed by atoms with Crippen molar-refractivity contribution in [3.63, 3.8) is 0 Å². The van der Waals surface area contributed by atoms with Crippen molar-refractivity contribution in [3.8, 4) is 0 Å². The third kappa shape index (κ3) is 2.95. The van der Waals surface area contributed by atoms with E-state index in [1.807, 2.05) is 0 Å². The number of rotatable bonds is 1. The molecule has 0 aliphatic carbocycles. The second-order valence-corrected chi connectivity index (χ2v) is 3.85. The summed E-state index contributed by atoms with van der Waals surface area (Å²) < 4.78 is 36.0. The molecule has 0 heterocycles. The first-order chi connectivity index (χ1) is 5.90. The molecule has 0 atom stereocenters. The molecular weight excluding hydrogens is 197 g/mol. The first kappa shape index (κ1) is 10.4. The van der Waals surface area contributed by atoms with E-state index < -0.39 is 5.51 Å². The monoisotopic (exact) mass is 206 g/mol. The Morgan fingerprint density at radius 2 is 1.77 bits per heavy atom. The SMILES string of the molecule is Cc1cccc(SC(F)(F)F)c1C. The van der Waals surface area contributed by atoms with E-state index >= 15 is 0 Å². The molecule has 0 amide bonds. The van der Waals surface area contributed by atoms with Gasteiger partial charge in [0.2, 0.25) is 0 Å². The molecule has 13 heavy (non-hydrogen) atoms. The van der Waals surface area contributed by atoms with Crippen LogP contribution in [0.1, 0.15) is 11.1 Å². The second kappa shape index (κ2) is 3.62. The molecule has 0 N–H and O–H groups in total. The molecule has 1 rings (SSSR count). The zero-order valence-electron chi connectivity index (χ0n) is 7.27. The van der Waals surface area contributed by atoms with Gasteiger partial charge in [0.25, 0.3) is 0 Å². The van der Waals surface area contributed by atoms with Crippen LogP contribution in [0.25, 0.3) is 0 Å². The summed E-state index contributed by atoms with van der Waals surface area (Å²) in [6, 6.07) is 4.92. The van der Waals surface area contributed by atoms with Crippen molar-refractivity contribution in [1.29, 1.82) is 0 Å². The number of hydrogen-bond donors (Lipinski definition) is 0. The lowest BCUT2D eigenvalue weighted by atomic mass is 10.1. The highest BCUT2D eigenvalue weighted by atomic mass is 32.2. The minimum atomic E-state index is -4.20. The van der Waals surface area contributed by atoms with Crippen LogP contribution < -0.4 is 0 Å². The summed E-state index contributed by atoms with van der Waals surface area (Å²) in [6.07, 6.45) is 0. The van der Waals surface area contributed by atoms with Gasteiger partial charge in [-0.25, -0.2) is 0 Å². The van der Waals surface area contributed by atoms with Gasteiger partial charge in [0.15, 0.2) is 0 Å². The van der Waals surface area contributed by atoms with Crippen molar-refractivity contribution in [3.05, 3.63) is 29.3 Å². The van der Waals surface area contributed by atoms with Gasteiger partial charge in [0, 0.05) is 4.90 Å². The smallest absolute Gasteiger partial charge is 0.160 e. The Bertz CT molecular complexity index is 304. The van der Waals surface area contributed by atoms with E-state index in [0.29, 0.717) is 5.56 Å². The van der Waals surface area contributed by atoms with Gasteiger partial charge in [-0.2, -0.15) is 13.2 Å². The normalized spacial score (nSPS) is 11.8. The Morgan fingerprint density at radius 3 is 2.31 bits per heavy atom. The summed E-state index contributed by atoms with van der Waals surface area (Å²) in [4.78, 5) is 0.285.